The van der Waals surface area contributed by atoms with Crippen LogP contribution in [0.3, 0.4) is 0 Å². The smallest absolute Gasteiger partial charge is 0.134 e. The largest absolute Gasteiger partial charge is 0.366 e. The van der Waals surface area contributed by atoms with Gasteiger partial charge in [0.1, 0.15) is 18.0 Å². The van der Waals surface area contributed by atoms with Crippen molar-refractivity contribution >= 4 is 27.6 Å². The average molecular weight is 333 g/mol. The first kappa shape index (κ1) is 13.4. The third-order valence-electron chi connectivity index (χ3n) is 3.47. The number of halogens is 1. The second kappa shape index (κ2) is 6.22. The summed E-state index contributed by atoms with van der Waals surface area (Å²) in [5.74, 6) is 1.90. The van der Waals surface area contributed by atoms with Crippen LogP contribution in [0.1, 0.15) is 18.4 Å². The molecule has 3 rings (SSSR count). The van der Waals surface area contributed by atoms with Gasteiger partial charge >= 0.3 is 0 Å². The SMILES string of the molecule is Brc1ccc(CNc2cc(N3CCCC3)ncn2)cc1. The van der Waals surface area contributed by atoms with Crippen LogP contribution in [0.25, 0.3) is 0 Å². The van der Waals surface area contributed by atoms with E-state index in [2.05, 4.69) is 48.2 Å². The van der Waals surface area contributed by atoms with Gasteiger partial charge in [0.05, 0.1) is 0 Å². The highest BCUT2D eigenvalue weighted by molar-refractivity contribution is 9.10. The van der Waals surface area contributed by atoms with Crippen molar-refractivity contribution < 1.29 is 0 Å². The molecule has 2 aromatic rings. The second-order valence-corrected chi connectivity index (χ2v) is 5.85. The zero-order chi connectivity index (χ0) is 13.8. The number of hydrogen-bond donors (Lipinski definition) is 1. The van der Waals surface area contributed by atoms with Crippen molar-refractivity contribution in [3.8, 4) is 0 Å². The van der Waals surface area contributed by atoms with Gasteiger partial charge in [-0.1, -0.05) is 28.1 Å². The minimum Gasteiger partial charge on any atom is -0.366 e. The van der Waals surface area contributed by atoms with Crippen molar-refractivity contribution in [3.05, 3.63) is 46.7 Å². The molecule has 1 aromatic heterocycles. The first-order valence-corrected chi connectivity index (χ1v) is 7.66. The first-order valence-electron chi connectivity index (χ1n) is 6.86. The summed E-state index contributed by atoms with van der Waals surface area (Å²) >= 11 is 3.44. The Hall–Kier alpha value is -1.62. The Morgan fingerprint density at radius 2 is 1.85 bits per heavy atom. The third-order valence-corrected chi connectivity index (χ3v) is 4.00. The number of benzene rings is 1. The van der Waals surface area contributed by atoms with Crippen LogP contribution in [0.4, 0.5) is 11.6 Å². The fourth-order valence-corrected chi connectivity index (χ4v) is 2.62. The van der Waals surface area contributed by atoms with Crippen LogP contribution < -0.4 is 10.2 Å². The number of anilines is 2. The Bertz CT molecular complexity index is 564. The Morgan fingerprint density at radius 3 is 2.60 bits per heavy atom. The molecular weight excluding hydrogens is 316 g/mol. The fourth-order valence-electron chi connectivity index (χ4n) is 2.36. The first-order chi connectivity index (χ1) is 9.81. The van der Waals surface area contributed by atoms with E-state index in [1.54, 1.807) is 6.33 Å². The van der Waals surface area contributed by atoms with Crippen molar-refractivity contribution in [1.82, 2.24) is 9.97 Å². The predicted octanol–water partition coefficient (Wildman–Crippen LogP) is 3.45. The van der Waals surface area contributed by atoms with E-state index in [0.717, 1.165) is 35.7 Å². The molecule has 104 valence electrons. The van der Waals surface area contributed by atoms with Gasteiger partial charge in [0.25, 0.3) is 0 Å². The van der Waals surface area contributed by atoms with E-state index in [0.29, 0.717) is 0 Å². The second-order valence-electron chi connectivity index (χ2n) is 4.94. The van der Waals surface area contributed by atoms with E-state index in [9.17, 15) is 0 Å². The summed E-state index contributed by atoms with van der Waals surface area (Å²) in [5, 5.41) is 3.35. The average Bonchev–Trinajstić information content (AvgIpc) is 3.01. The molecule has 1 aliphatic heterocycles. The van der Waals surface area contributed by atoms with Crippen LogP contribution in [0.5, 0.6) is 0 Å². The van der Waals surface area contributed by atoms with Crippen LogP contribution in [0.15, 0.2) is 41.1 Å². The molecule has 5 heteroatoms. The molecule has 1 aromatic carbocycles. The lowest BCUT2D eigenvalue weighted by Crippen LogP contribution is -2.19. The molecule has 1 aliphatic rings. The maximum Gasteiger partial charge on any atom is 0.134 e. The van der Waals surface area contributed by atoms with E-state index in [-0.39, 0.29) is 0 Å². The molecule has 20 heavy (non-hydrogen) atoms. The van der Waals surface area contributed by atoms with E-state index < -0.39 is 0 Å². The molecule has 2 heterocycles. The van der Waals surface area contributed by atoms with Crippen LogP contribution in [-0.2, 0) is 6.54 Å². The Morgan fingerprint density at radius 1 is 1.10 bits per heavy atom. The van der Waals surface area contributed by atoms with Crippen molar-refractivity contribution in [3.63, 3.8) is 0 Å². The number of aromatic nitrogens is 2. The minimum absolute atomic E-state index is 0.768. The lowest BCUT2D eigenvalue weighted by atomic mass is 10.2. The fraction of sp³-hybridized carbons (Fsp3) is 0.333. The standard InChI is InChI=1S/C15H17BrN4/c16-13-5-3-12(4-6-13)10-17-14-9-15(19-11-18-14)20-7-1-2-8-20/h3-6,9,11H,1-2,7-8,10H2,(H,17,18,19). The number of hydrogen-bond acceptors (Lipinski definition) is 4. The van der Waals surface area contributed by atoms with Gasteiger partial charge in [-0.25, -0.2) is 9.97 Å². The van der Waals surface area contributed by atoms with Crippen molar-refractivity contribution in [2.75, 3.05) is 23.3 Å². The molecule has 0 amide bonds. The molecule has 1 N–H and O–H groups in total. The number of rotatable bonds is 4. The maximum absolute atomic E-state index is 4.36. The van der Waals surface area contributed by atoms with Crippen molar-refractivity contribution in [2.45, 2.75) is 19.4 Å². The normalized spacial score (nSPS) is 14.6. The van der Waals surface area contributed by atoms with Gasteiger partial charge in [-0.2, -0.15) is 0 Å². The van der Waals surface area contributed by atoms with Gasteiger partial charge in [-0.05, 0) is 30.5 Å². The lowest BCUT2D eigenvalue weighted by molar-refractivity contribution is 0.925. The van der Waals surface area contributed by atoms with Crippen molar-refractivity contribution in [2.24, 2.45) is 0 Å². The topological polar surface area (TPSA) is 41.0 Å². The molecule has 0 aliphatic carbocycles. The summed E-state index contributed by atoms with van der Waals surface area (Å²) in [4.78, 5) is 11.0. The Kier molecular flexibility index (Phi) is 4.16. The molecular formula is C15H17BrN4. The molecule has 0 spiro atoms. The summed E-state index contributed by atoms with van der Waals surface area (Å²) in [5.41, 5.74) is 1.23. The number of nitrogens with zero attached hydrogens (tertiary/aromatic N) is 3. The summed E-state index contributed by atoms with van der Waals surface area (Å²) in [6, 6.07) is 10.3. The highest BCUT2D eigenvalue weighted by atomic mass is 79.9. The summed E-state index contributed by atoms with van der Waals surface area (Å²) in [6.07, 6.45) is 4.15. The molecule has 4 nitrogen and oxygen atoms in total. The monoisotopic (exact) mass is 332 g/mol. The van der Waals surface area contributed by atoms with Gasteiger partial charge in [0.15, 0.2) is 0 Å². The van der Waals surface area contributed by atoms with Crippen LogP contribution in [-0.4, -0.2) is 23.1 Å². The molecule has 1 saturated heterocycles. The van der Waals surface area contributed by atoms with Crippen LogP contribution in [0.2, 0.25) is 0 Å². The van der Waals surface area contributed by atoms with Gasteiger partial charge in [-0.15, -0.1) is 0 Å². The lowest BCUT2D eigenvalue weighted by Gasteiger charge is -2.16. The number of nitrogens with one attached hydrogen (secondary N) is 1. The molecule has 1 fully saturated rings. The Labute approximate surface area is 127 Å². The van der Waals surface area contributed by atoms with Crippen LogP contribution >= 0.6 is 15.9 Å². The predicted molar refractivity (Wildman–Crippen MR) is 84.9 cm³/mol. The van der Waals surface area contributed by atoms with E-state index in [1.807, 2.05) is 18.2 Å². The quantitative estimate of drug-likeness (QED) is 0.930. The highest BCUT2D eigenvalue weighted by Gasteiger charge is 2.13. The summed E-state index contributed by atoms with van der Waals surface area (Å²) < 4.78 is 1.10. The van der Waals surface area contributed by atoms with Gasteiger partial charge in [0, 0.05) is 30.2 Å². The highest BCUT2D eigenvalue weighted by Crippen LogP contribution is 2.19. The van der Waals surface area contributed by atoms with Gasteiger partial charge in [-0.3, -0.25) is 0 Å². The Balaban J connectivity index is 1.65. The maximum atomic E-state index is 4.36. The molecule has 0 atom stereocenters. The zero-order valence-corrected chi connectivity index (χ0v) is 12.8. The summed E-state index contributed by atoms with van der Waals surface area (Å²) in [6.45, 7) is 2.97. The minimum atomic E-state index is 0.768. The molecule has 0 radical (unpaired) electrons. The molecule has 0 saturated carbocycles. The summed E-state index contributed by atoms with van der Waals surface area (Å²) in [7, 11) is 0. The molecule has 0 unspecified atom stereocenters. The molecule has 0 bridgehead atoms. The van der Waals surface area contributed by atoms with Gasteiger partial charge in [0.2, 0.25) is 0 Å². The zero-order valence-electron chi connectivity index (χ0n) is 11.2. The van der Waals surface area contributed by atoms with E-state index in [1.165, 1.54) is 18.4 Å². The van der Waals surface area contributed by atoms with Crippen molar-refractivity contribution in [1.29, 1.82) is 0 Å². The van der Waals surface area contributed by atoms with E-state index >= 15 is 0 Å². The van der Waals surface area contributed by atoms with E-state index in [4.69, 9.17) is 0 Å². The van der Waals surface area contributed by atoms with Gasteiger partial charge < -0.3 is 10.2 Å². The third kappa shape index (κ3) is 3.28. The van der Waals surface area contributed by atoms with Crippen LogP contribution in [0, 0.1) is 0 Å².